The standard InChI is InChI=1S/C21H33NO2/c1-13(23)15-6-7-16-14-8-11-21(22)10-5-4-9-19(21,2)17(14)12-18(24)20(15,16)3/h14-17H,4-12,22H2,1-3H3/t14?,15-,16?,17?,19-,20-,21+/m1/s1. The van der Waals surface area contributed by atoms with E-state index in [1.807, 2.05) is 0 Å². The van der Waals surface area contributed by atoms with E-state index < -0.39 is 5.41 Å². The first-order valence-electron chi connectivity index (χ1n) is 10.1. The van der Waals surface area contributed by atoms with Gasteiger partial charge in [-0.3, -0.25) is 9.59 Å². The molecule has 4 aliphatic carbocycles. The lowest BCUT2D eigenvalue weighted by Crippen LogP contribution is -2.66. The fraction of sp³-hybridized carbons (Fsp3) is 0.905. The average molecular weight is 332 g/mol. The summed E-state index contributed by atoms with van der Waals surface area (Å²) < 4.78 is 0. The first-order valence-corrected chi connectivity index (χ1v) is 10.1. The number of fused-ring (bicyclic) bond motifs is 5. The van der Waals surface area contributed by atoms with Crippen molar-refractivity contribution in [2.75, 3.05) is 0 Å². The second kappa shape index (κ2) is 5.16. The molecule has 0 aromatic carbocycles. The van der Waals surface area contributed by atoms with E-state index in [0.29, 0.717) is 30.0 Å². The van der Waals surface area contributed by atoms with Gasteiger partial charge >= 0.3 is 0 Å². The van der Waals surface area contributed by atoms with Crippen molar-refractivity contribution in [3.63, 3.8) is 0 Å². The summed E-state index contributed by atoms with van der Waals surface area (Å²) in [4.78, 5) is 25.5. The smallest absolute Gasteiger partial charge is 0.140 e. The molecular weight excluding hydrogens is 298 g/mol. The molecule has 3 nitrogen and oxygen atoms in total. The maximum absolute atomic E-state index is 13.3. The van der Waals surface area contributed by atoms with Crippen LogP contribution in [0.3, 0.4) is 0 Å². The molecule has 0 amide bonds. The van der Waals surface area contributed by atoms with Crippen LogP contribution in [-0.4, -0.2) is 17.1 Å². The molecule has 4 rings (SSSR count). The van der Waals surface area contributed by atoms with Crippen molar-refractivity contribution in [1.29, 1.82) is 0 Å². The fourth-order valence-electron chi connectivity index (χ4n) is 7.70. The van der Waals surface area contributed by atoms with Gasteiger partial charge in [-0.15, -0.1) is 0 Å². The summed E-state index contributed by atoms with van der Waals surface area (Å²) in [6, 6.07) is 0. The third kappa shape index (κ3) is 1.88. The first-order chi connectivity index (χ1) is 11.2. The summed E-state index contributed by atoms with van der Waals surface area (Å²) in [7, 11) is 0. The second-order valence-electron chi connectivity index (χ2n) is 9.85. The largest absolute Gasteiger partial charge is 0.325 e. The minimum atomic E-state index is -0.396. The topological polar surface area (TPSA) is 60.2 Å². The van der Waals surface area contributed by atoms with Gasteiger partial charge in [0.05, 0.1) is 0 Å². The molecular formula is C21H33NO2. The zero-order valence-electron chi connectivity index (χ0n) is 15.6. The predicted molar refractivity (Wildman–Crippen MR) is 94.3 cm³/mol. The van der Waals surface area contributed by atoms with E-state index in [1.165, 1.54) is 19.3 Å². The lowest BCUT2D eigenvalue weighted by atomic mass is 9.42. The average Bonchev–Trinajstić information content (AvgIpc) is 2.88. The number of nitrogens with two attached hydrogens (primary N) is 1. The van der Waals surface area contributed by atoms with Gasteiger partial charge in [-0.05, 0) is 68.6 Å². The molecule has 0 aromatic rings. The van der Waals surface area contributed by atoms with Crippen LogP contribution in [-0.2, 0) is 9.59 Å². The molecule has 0 aliphatic heterocycles. The van der Waals surface area contributed by atoms with Crippen molar-refractivity contribution in [3.8, 4) is 0 Å². The third-order valence-corrected chi connectivity index (χ3v) is 9.24. The zero-order valence-corrected chi connectivity index (χ0v) is 15.6. The van der Waals surface area contributed by atoms with Crippen molar-refractivity contribution in [1.82, 2.24) is 0 Å². The van der Waals surface area contributed by atoms with E-state index in [2.05, 4.69) is 13.8 Å². The van der Waals surface area contributed by atoms with Crippen molar-refractivity contribution in [2.45, 2.75) is 84.1 Å². The Balaban J connectivity index is 1.73. The van der Waals surface area contributed by atoms with Gasteiger partial charge in [-0.1, -0.05) is 26.7 Å². The molecule has 0 aromatic heterocycles. The zero-order chi connectivity index (χ0) is 17.3. The summed E-state index contributed by atoms with van der Waals surface area (Å²) in [6.45, 7) is 6.19. The summed E-state index contributed by atoms with van der Waals surface area (Å²) in [5.41, 5.74) is 6.58. The molecule has 3 unspecified atom stereocenters. The maximum Gasteiger partial charge on any atom is 0.140 e. The van der Waals surface area contributed by atoms with Crippen LogP contribution in [0.1, 0.15) is 78.6 Å². The van der Waals surface area contributed by atoms with Gasteiger partial charge in [0, 0.05) is 23.3 Å². The van der Waals surface area contributed by atoms with E-state index in [0.717, 1.165) is 32.1 Å². The van der Waals surface area contributed by atoms with E-state index in [-0.39, 0.29) is 22.7 Å². The third-order valence-electron chi connectivity index (χ3n) is 9.24. The minimum absolute atomic E-state index is 0.0420. The Kier molecular flexibility index (Phi) is 3.60. The summed E-state index contributed by atoms with van der Waals surface area (Å²) in [5, 5.41) is 0. The number of hydrogen-bond donors (Lipinski definition) is 1. The Morgan fingerprint density at radius 1 is 1.04 bits per heavy atom. The predicted octanol–water partition coefficient (Wildman–Crippen LogP) is 3.88. The van der Waals surface area contributed by atoms with Gasteiger partial charge in [0.2, 0.25) is 0 Å². The van der Waals surface area contributed by atoms with Crippen LogP contribution >= 0.6 is 0 Å². The van der Waals surface area contributed by atoms with Gasteiger partial charge < -0.3 is 5.73 Å². The van der Waals surface area contributed by atoms with E-state index in [4.69, 9.17) is 5.73 Å². The van der Waals surface area contributed by atoms with Crippen molar-refractivity contribution < 1.29 is 9.59 Å². The number of carbonyl (C=O) groups is 2. The first kappa shape index (κ1) is 16.8. The molecule has 24 heavy (non-hydrogen) atoms. The van der Waals surface area contributed by atoms with Crippen molar-refractivity contribution in [3.05, 3.63) is 0 Å². The summed E-state index contributed by atoms with van der Waals surface area (Å²) in [6.07, 6.45) is 9.70. The summed E-state index contributed by atoms with van der Waals surface area (Å²) in [5.74, 6) is 1.98. The lowest BCUT2D eigenvalue weighted by molar-refractivity contribution is -0.160. The van der Waals surface area contributed by atoms with Gasteiger partial charge in [-0.2, -0.15) is 0 Å². The van der Waals surface area contributed by atoms with E-state index in [9.17, 15) is 9.59 Å². The Hall–Kier alpha value is -0.700. The number of ketones is 2. The second-order valence-corrected chi connectivity index (χ2v) is 9.85. The molecule has 0 saturated heterocycles. The molecule has 3 heteroatoms. The van der Waals surface area contributed by atoms with Crippen LogP contribution < -0.4 is 5.73 Å². The molecule has 134 valence electrons. The Morgan fingerprint density at radius 2 is 1.75 bits per heavy atom. The molecule has 2 N–H and O–H groups in total. The van der Waals surface area contributed by atoms with Crippen molar-refractivity contribution in [2.24, 2.45) is 40.2 Å². The highest BCUT2D eigenvalue weighted by molar-refractivity contribution is 5.93. The fourth-order valence-corrected chi connectivity index (χ4v) is 7.70. The van der Waals surface area contributed by atoms with Gasteiger partial charge in [-0.25, -0.2) is 0 Å². The van der Waals surface area contributed by atoms with Crippen LogP contribution in [0.15, 0.2) is 0 Å². The van der Waals surface area contributed by atoms with E-state index in [1.54, 1.807) is 6.92 Å². The minimum Gasteiger partial charge on any atom is -0.325 e. The number of carbonyl (C=O) groups excluding carboxylic acids is 2. The molecule has 4 aliphatic rings. The molecule has 0 heterocycles. The summed E-state index contributed by atoms with van der Waals surface area (Å²) >= 11 is 0. The lowest BCUT2D eigenvalue weighted by Gasteiger charge is -2.63. The Bertz CT molecular complexity index is 586. The number of hydrogen-bond acceptors (Lipinski definition) is 3. The van der Waals surface area contributed by atoms with Crippen LogP contribution in [0.5, 0.6) is 0 Å². The normalized spacial score (nSPS) is 53.9. The van der Waals surface area contributed by atoms with E-state index >= 15 is 0 Å². The van der Waals surface area contributed by atoms with Crippen LogP contribution in [0.4, 0.5) is 0 Å². The Labute approximate surface area is 146 Å². The molecule has 0 radical (unpaired) electrons. The molecule has 7 atom stereocenters. The highest BCUT2D eigenvalue weighted by atomic mass is 16.1. The number of Topliss-reactive ketones (excluding diaryl/α,β-unsaturated/α-hetero) is 2. The quantitative estimate of drug-likeness (QED) is 0.793. The number of rotatable bonds is 1. The molecule has 4 fully saturated rings. The highest BCUT2D eigenvalue weighted by Crippen LogP contribution is 2.66. The van der Waals surface area contributed by atoms with Gasteiger partial charge in [0.15, 0.2) is 0 Å². The van der Waals surface area contributed by atoms with Crippen molar-refractivity contribution >= 4 is 11.6 Å². The van der Waals surface area contributed by atoms with Crippen LogP contribution in [0.2, 0.25) is 0 Å². The molecule has 0 bridgehead atoms. The Morgan fingerprint density at radius 3 is 2.46 bits per heavy atom. The SMILES string of the molecule is CC(=O)[C@H]1CCC2C3CC[C@@]4(N)CCCC[C@]4(C)C3CC(=O)[C@@]21C. The monoisotopic (exact) mass is 331 g/mol. The molecule has 0 spiro atoms. The van der Waals surface area contributed by atoms with Crippen LogP contribution in [0, 0.1) is 34.5 Å². The van der Waals surface area contributed by atoms with Gasteiger partial charge in [0.25, 0.3) is 0 Å². The highest BCUT2D eigenvalue weighted by Gasteiger charge is 2.66. The van der Waals surface area contributed by atoms with Crippen LogP contribution in [0.25, 0.3) is 0 Å². The van der Waals surface area contributed by atoms with Gasteiger partial charge in [0.1, 0.15) is 11.6 Å². The maximum atomic E-state index is 13.3. The molecule has 4 saturated carbocycles.